The molecule has 6 heteroatoms. The number of hydrogen-bond acceptors (Lipinski definition) is 6. The fourth-order valence-corrected chi connectivity index (χ4v) is 8.25. The summed E-state index contributed by atoms with van der Waals surface area (Å²) in [5.74, 6) is -0.885. The van der Waals surface area contributed by atoms with E-state index in [1.54, 1.807) is 0 Å². The van der Waals surface area contributed by atoms with Gasteiger partial charge in [-0.2, -0.15) is 0 Å². The molecule has 65 heavy (non-hydrogen) atoms. The topological polar surface area (TPSA) is 78.9 Å². The second-order valence-electron chi connectivity index (χ2n) is 19.2. The van der Waals surface area contributed by atoms with Gasteiger partial charge in [-0.25, -0.2) is 0 Å². The van der Waals surface area contributed by atoms with Crippen LogP contribution in [0.3, 0.4) is 0 Å². The molecule has 0 aromatic carbocycles. The van der Waals surface area contributed by atoms with Crippen LogP contribution < -0.4 is 0 Å². The monoisotopic (exact) mass is 913 g/mol. The number of esters is 3. The zero-order chi connectivity index (χ0) is 47.2. The molecular formula is C59H108O6. The Morgan fingerprint density at radius 1 is 0.292 bits per heavy atom. The van der Waals surface area contributed by atoms with Crippen LogP contribution in [-0.4, -0.2) is 37.2 Å². The van der Waals surface area contributed by atoms with Crippen molar-refractivity contribution in [3.05, 3.63) is 36.5 Å². The maximum absolute atomic E-state index is 12.8. The normalized spacial score (nSPS) is 11.8. The summed E-state index contributed by atoms with van der Waals surface area (Å²) in [4.78, 5) is 38.1. The van der Waals surface area contributed by atoms with Crippen molar-refractivity contribution >= 4 is 17.9 Å². The lowest BCUT2D eigenvalue weighted by molar-refractivity contribution is -0.167. The molecule has 0 atom stereocenters. The lowest BCUT2D eigenvalue weighted by Crippen LogP contribution is -2.30. The van der Waals surface area contributed by atoms with Crippen molar-refractivity contribution in [3.63, 3.8) is 0 Å². The van der Waals surface area contributed by atoms with Gasteiger partial charge in [-0.3, -0.25) is 14.4 Å². The van der Waals surface area contributed by atoms with E-state index in [9.17, 15) is 14.4 Å². The van der Waals surface area contributed by atoms with Crippen molar-refractivity contribution in [3.8, 4) is 0 Å². The summed E-state index contributed by atoms with van der Waals surface area (Å²) < 4.78 is 16.9. The largest absolute Gasteiger partial charge is 0.462 e. The molecule has 0 aliphatic heterocycles. The van der Waals surface area contributed by atoms with Crippen LogP contribution in [0.2, 0.25) is 0 Å². The first-order valence-electron chi connectivity index (χ1n) is 28.5. The average Bonchev–Trinajstić information content (AvgIpc) is 3.30. The summed E-state index contributed by atoms with van der Waals surface area (Å²) >= 11 is 0. The average molecular weight is 914 g/mol. The molecule has 0 saturated heterocycles. The minimum absolute atomic E-state index is 0.0788. The zero-order valence-electron chi connectivity index (χ0n) is 43.5. The number of rotatable bonds is 52. The van der Waals surface area contributed by atoms with Gasteiger partial charge in [0.05, 0.1) is 0 Å². The van der Waals surface area contributed by atoms with Gasteiger partial charge >= 0.3 is 17.9 Å². The number of unbranched alkanes of at least 4 members (excludes halogenated alkanes) is 35. The standard InChI is InChI=1S/C59H108O6/c1-4-7-10-13-16-19-22-25-28-29-32-35-38-41-44-47-50-53-59(62)65-56(54-63-57(60)51-48-45-42-39-36-33-30-26-23-20-17-14-11-8-5-2)55-64-58(61)52-49-46-43-40-37-34-31-27-24-21-18-15-12-9-6-3/h25-28,30-31,56H,4-24,29,32-55H2,1-3H3/b28-25-,30-26-,31-27-. The van der Waals surface area contributed by atoms with Crippen molar-refractivity contribution < 1.29 is 28.6 Å². The number of carbonyl (C=O) groups is 3. The first kappa shape index (κ1) is 62.6. The minimum atomic E-state index is -0.779. The van der Waals surface area contributed by atoms with Gasteiger partial charge in [-0.15, -0.1) is 0 Å². The number of carbonyl (C=O) groups excluding carboxylic acids is 3. The van der Waals surface area contributed by atoms with E-state index < -0.39 is 6.10 Å². The second kappa shape index (κ2) is 54.2. The van der Waals surface area contributed by atoms with Crippen molar-refractivity contribution in [1.29, 1.82) is 0 Å². The van der Waals surface area contributed by atoms with E-state index in [1.807, 2.05) is 0 Å². The van der Waals surface area contributed by atoms with Crippen molar-refractivity contribution in [2.45, 2.75) is 309 Å². The second-order valence-corrected chi connectivity index (χ2v) is 19.2. The molecular weight excluding hydrogens is 805 g/mol. The maximum atomic E-state index is 12.8. The third-order valence-corrected chi connectivity index (χ3v) is 12.6. The van der Waals surface area contributed by atoms with Crippen LogP contribution in [0.25, 0.3) is 0 Å². The first-order valence-corrected chi connectivity index (χ1v) is 28.5. The molecule has 0 aromatic heterocycles. The molecule has 0 amide bonds. The smallest absolute Gasteiger partial charge is 0.306 e. The third kappa shape index (κ3) is 52.5. The summed E-state index contributed by atoms with van der Waals surface area (Å²) in [6.07, 6.45) is 64.1. The predicted octanol–water partition coefficient (Wildman–Crippen LogP) is 18.9. The van der Waals surface area contributed by atoms with Crippen molar-refractivity contribution in [2.75, 3.05) is 13.2 Å². The fraction of sp³-hybridized carbons (Fsp3) is 0.847. The molecule has 0 rings (SSSR count). The highest BCUT2D eigenvalue weighted by molar-refractivity contribution is 5.71. The fourth-order valence-electron chi connectivity index (χ4n) is 8.25. The van der Waals surface area contributed by atoms with Gasteiger partial charge in [0.1, 0.15) is 13.2 Å². The Labute approximate surface area is 404 Å². The van der Waals surface area contributed by atoms with E-state index >= 15 is 0 Å². The third-order valence-electron chi connectivity index (χ3n) is 12.6. The summed E-state index contributed by atoms with van der Waals surface area (Å²) in [5, 5.41) is 0. The van der Waals surface area contributed by atoms with Gasteiger partial charge in [0.2, 0.25) is 0 Å². The Balaban J connectivity index is 4.38. The molecule has 6 nitrogen and oxygen atoms in total. The van der Waals surface area contributed by atoms with Crippen LogP contribution in [0.1, 0.15) is 303 Å². The number of allylic oxidation sites excluding steroid dienone is 6. The molecule has 0 aromatic rings. The highest BCUT2D eigenvalue weighted by Gasteiger charge is 2.19. The Morgan fingerprint density at radius 2 is 0.508 bits per heavy atom. The highest BCUT2D eigenvalue weighted by atomic mass is 16.6. The quantitative estimate of drug-likeness (QED) is 0.0262. The van der Waals surface area contributed by atoms with E-state index in [0.29, 0.717) is 19.3 Å². The molecule has 0 N–H and O–H groups in total. The number of hydrogen-bond donors (Lipinski definition) is 0. The maximum Gasteiger partial charge on any atom is 0.306 e. The zero-order valence-corrected chi connectivity index (χ0v) is 43.5. The van der Waals surface area contributed by atoms with Crippen LogP contribution in [-0.2, 0) is 28.6 Å². The molecule has 380 valence electrons. The Hall–Kier alpha value is -2.37. The lowest BCUT2D eigenvalue weighted by atomic mass is 10.1. The summed E-state index contributed by atoms with van der Waals surface area (Å²) in [5.41, 5.74) is 0. The van der Waals surface area contributed by atoms with E-state index in [2.05, 4.69) is 57.2 Å². The Kier molecular flexibility index (Phi) is 52.3. The SMILES string of the molecule is CCCCCCCC/C=C\CCCCCCCCCC(=O)OC(COC(=O)CCCCCCC/C=C\CCCCCCCC)COC(=O)CCCCCCC/C=C\CCCCCCCC. The van der Waals surface area contributed by atoms with E-state index in [4.69, 9.17) is 14.2 Å². The molecule has 0 radical (unpaired) electrons. The van der Waals surface area contributed by atoms with E-state index in [-0.39, 0.29) is 31.1 Å². The van der Waals surface area contributed by atoms with Gasteiger partial charge in [-0.1, -0.05) is 224 Å². The van der Waals surface area contributed by atoms with Crippen molar-refractivity contribution in [1.82, 2.24) is 0 Å². The van der Waals surface area contributed by atoms with Gasteiger partial charge in [-0.05, 0) is 96.3 Å². The lowest BCUT2D eigenvalue weighted by Gasteiger charge is -2.18. The van der Waals surface area contributed by atoms with E-state index in [1.165, 1.54) is 193 Å². The summed E-state index contributed by atoms with van der Waals surface area (Å²) in [7, 11) is 0. The van der Waals surface area contributed by atoms with Crippen LogP contribution in [0.4, 0.5) is 0 Å². The predicted molar refractivity (Wildman–Crippen MR) is 279 cm³/mol. The molecule has 0 aliphatic carbocycles. The molecule has 0 aliphatic rings. The summed E-state index contributed by atoms with van der Waals surface area (Å²) in [6, 6.07) is 0. The number of ether oxygens (including phenoxy) is 3. The molecule has 0 fully saturated rings. The Bertz CT molecular complexity index is 1040. The van der Waals surface area contributed by atoms with E-state index in [0.717, 1.165) is 70.6 Å². The molecule has 0 heterocycles. The van der Waals surface area contributed by atoms with Gasteiger partial charge in [0.15, 0.2) is 6.10 Å². The van der Waals surface area contributed by atoms with Crippen LogP contribution in [0.5, 0.6) is 0 Å². The van der Waals surface area contributed by atoms with Crippen LogP contribution >= 0.6 is 0 Å². The minimum Gasteiger partial charge on any atom is -0.462 e. The van der Waals surface area contributed by atoms with Gasteiger partial charge < -0.3 is 14.2 Å². The van der Waals surface area contributed by atoms with Crippen LogP contribution in [0.15, 0.2) is 36.5 Å². The molecule has 0 unspecified atom stereocenters. The Morgan fingerprint density at radius 3 is 0.769 bits per heavy atom. The van der Waals surface area contributed by atoms with Crippen LogP contribution in [0, 0.1) is 0 Å². The molecule has 0 saturated carbocycles. The van der Waals surface area contributed by atoms with Gasteiger partial charge in [0, 0.05) is 19.3 Å². The highest BCUT2D eigenvalue weighted by Crippen LogP contribution is 2.15. The summed E-state index contributed by atoms with van der Waals surface area (Å²) in [6.45, 7) is 6.64. The molecule has 0 bridgehead atoms. The van der Waals surface area contributed by atoms with Gasteiger partial charge in [0.25, 0.3) is 0 Å². The van der Waals surface area contributed by atoms with Crippen molar-refractivity contribution in [2.24, 2.45) is 0 Å². The first-order chi connectivity index (χ1) is 32.0. The molecule has 0 spiro atoms.